The predicted octanol–water partition coefficient (Wildman–Crippen LogP) is 3.92. The van der Waals surface area contributed by atoms with Crippen LogP contribution in [0.5, 0.6) is 0 Å². The first-order valence-electron chi connectivity index (χ1n) is 9.72. The summed E-state index contributed by atoms with van der Waals surface area (Å²) < 4.78 is 14.1. The first-order chi connectivity index (χ1) is 10.9. The highest BCUT2D eigenvalue weighted by atomic mass is 16.3. The van der Waals surface area contributed by atoms with Gasteiger partial charge in [0.15, 0.2) is 0 Å². The van der Waals surface area contributed by atoms with Gasteiger partial charge in [0.25, 0.3) is 0 Å². The molecule has 126 valence electrons. The normalized spacial score (nSPS) is 16.8. The van der Waals surface area contributed by atoms with Gasteiger partial charge in [-0.25, -0.2) is 0 Å². The minimum Gasteiger partial charge on any atom is -0.395 e. The zero-order valence-corrected chi connectivity index (χ0v) is 13.8. The fourth-order valence-corrected chi connectivity index (χ4v) is 2.36. The Morgan fingerprint density at radius 1 is 0.952 bits per heavy atom. The molecule has 0 fully saturated rings. The van der Waals surface area contributed by atoms with E-state index in [4.69, 9.17) is 13.6 Å². The summed E-state index contributed by atoms with van der Waals surface area (Å²) >= 11 is 0. The van der Waals surface area contributed by atoms with Gasteiger partial charge in [-0.1, -0.05) is 83.3 Å². The van der Waals surface area contributed by atoms with Crippen molar-refractivity contribution in [3.8, 4) is 0 Å². The van der Waals surface area contributed by atoms with Crippen molar-refractivity contribution in [3.05, 3.63) is 12.2 Å². The summed E-state index contributed by atoms with van der Waals surface area (Å²) in [6, 6.07) is -1.31. The number of hydrogen-bond donors (Lipinski definition) is 3. The third kappa shape index (κ3) is 14.3. The van der Waals surface area contributed by atoms with E-state index in [1.165, 1.54) is 70.3 Å². The molecule has 0 spiro atoms. The molecule has 21 heavy (non-hydrogen) atoms. The third-order valence-electron chi connectivity index (χ3n) is 3.82. The molecule has 0 unspecified atom stereocenters. The molecule has 0 bridgehead atoms. The number of hydrogen-bond acceptors (Lipinski definition) is 3. The number of allylic oxidation sites excluding steroid dienone is 1. The van der Waals surface area contributed by atoms with Crippen LogP contribution in [0.3, 0.4) is 0 Å². The van der Waals surface area contributed by atoms with Gasteiger partial charge in [0.2, 0.25) is 0 Å². The smallest absolute Gasteiger partial charge is 0.0894 e. The molecule has 0 radical (unpaired) electrons. The van der Waals surface area contributed by atoms with Gasteiger partial charge < -0.3 is 15.9 Å². The average molecular weight is 304 g/mol. The maximum atomic E-state index is 9.62. The van der Waals surface area contributed by atoms with E-state index in [0.29, 0.717) is 0 Å². The second-order valence-corrected chi connectivity index (χ2v) is 5.90. The van der Waals surface area contributed by atoms with Crippen molar-refractivity contribution < 1.29 is 13.0 Å². The molecule has 0 aromatic heterocycles. The summed E-state index contributed by atoms with van der Waals surface area (Å²) in [5, 5.41) is 18.7. The summed E-state index contributed by atoms with van der Waals surface area (Å²) in [6.45, 7) is -0.310. The highest BCUT2D eigenvalue weighted by Crippen LogP contribution is 2.12. The predicted molar refractivity (Wildman–Crippen MR) is 91.3 cm³/mol. The average Bonchev–Trinajstić information content (AvgIpc) is 2.50. The van der Waals surface area contributed by atoms with Crippen LogP contribution in [0.1, 0.15) is 86.7 Å². The van der Waals surface area contributed by atoms with Gasteiger partial charge in [-0.2, -0.15) is 0 Å². The summed E-state index contributed by atoms with van der Waals surface area (Å²) in [5.74, 6) is 0. The van der Waals surface area contributed by atoms with Crippen molar-refractivity contribution in [2.24, 2.45) is 5.73 Å². The van der Waals surface area contributed by atoms with E-state index in [0.717, 1.165) is 12.8 Å². The van der Waals surface area contributed by atoms with Crippen LogP contribution in [-0.4, -0.2) is 28.9 Å². The molecular formula is C18H37NO2. The maximum Gasteiger partial charge on any atom is 0.0894 e. The molecule has 0 aliphatic carbocycles. The van der Waals surface area contributed by atoms with Crippen LogP contribution in [0.4, 0.5) is 0 Å². The van der Waals surface area contributed by atoms with Crippen molar-refractivity contribution in [1.29, 1.82) is 0 Å². The Balaban J connectivity index is 3.41. The first-order valence-corrected chi connectivity index (χ1v) is 8.72. The summed E-state index contributed by atoms with van der Waals surface area (Å²) in [6.07, 6.45) is 17.3. The second kappa shape index (κ2) is 16.0. The lowest BCUT2D eigenvalue weighted by atomic mass is 10.0. The quantitative estimate of drug-likeness (QED) is 0.317. The van der Waals surface area contributed by atoms with E-state index in [1.54, 1.807) is 0 Å². The van der Waals surface area contributed by atoms with Crippen molar-refractivity contribution in [3.63, 3.8) is 0 Å². The fraction of sp³-hybridized carbons (Fsp3) is 0.889. The number of unbranched alkanes of at least 4 members (excludes halogenated alkanes) is 11. The Bertz CT molecular complexity index is 293. The molecule has 2 atom stereocenters. The Morgan fingerprint density at radius 2 is 1.43 bits per heavy atom. The highest BCUT2D eigenvalue weighted by molar-refractivity contribution is 4.93. The molecule has 0 saturated carbocycles. The van der Waals surface area contributed by atoms with Gasteiger partial charge in [-0.05, 0) is 12.8 Å². The van der Waals surface area contributed by atoms with Gasteiger partial charge in [0.1, 0.15) is 0 Å². The molecule has 0 saturated heterocycles. The molecule has 0 aromatic rings. The van der Waals surface area contributed by atoms with Crippen LogP contribution < -0.4 is 5.73 Å². The van der Waals surface area contributed by atoms with Crippen molar-refractivity contribution in [1.82, 2.24) is 0 Å². The third-order valence-corrected chi connectivity index (χ3v) is 3.82. The molecular weight excluding hydrogens is 262 g/mol. The first kappa shape index (κ1) is 17.0. The maximum absolute atomic E-state index is 9.62. The molecule has 3 nitrogen and oxygen atoms in total. The zero-order chi connectivity index (χ0) is 17.6. The lowest BCUT2D eigenvalue weighted by molar-refractivity contribution is 0.144. The van der Waals surface area contributed by atoms with Gasteiger partial charge in [0, 0.05) is 0 Å². The summed E-state index contributed by atoms with van der Waals surface area (Å²) in [4.78, 5) is 0. The standard InChI is InChI=1S/C18H37NO2/c1-2-3-4-5-6-7-8-9-10-11-12-13-14-15-18(21)17(19)16-20/h14-15,17-18,20-21H,2-13,16,19H2,1H3/b15-14+/t17-,18+/m0/s1/i16T2. The van der Waals surface area contributed by atoms with Crippen molar-refractivity contribution in [2.75, 3.05) is 6.56 Å². The fourth-order valence-electron chi connectivity index (χ4n) is 2.36. The van der Waals surface area contributed by atoms with Gasteiger partial charge in [-0.15, -0.1) is 0 Å². The van der Waals surface area contributed by atoms with E-state index >= 15 is 0 Å². The number of rotatable bonds is 15. The zero-order valence-electron chi connectivity index (χ0n) is 15.8. The summed E-state index contributed by atoms with van der Waals surface area (Å²) in [7, 11) is 0. The second-order valence-electron chi connectivity index (χ2n) is 5.90. The Hall–Kier alpha value is -0.380. The number of nitrogens with two attached hydrogens (primary N) is 1. The molecule has 4 N–H and O–H groups in total. The lowest BCUT2D eigenvalue weighted by Crippen LogP contribution is -2.36. The van der Waals surface area contributed by atoms with Crippen LogP contribution >= 0.6 is 0 Å². The van der Waals surface area contributed by atoms with Gasteiger partial charge in [0.05, 0.1) is 21.4 Å². The topological polar surface area (TPSA) is 66.5 Å². The molecule has 0 amide bonds. The molecule has 0 aliphatic heterocycles. The van der Waals surface area contributed by atoms with Crippen LogP contribution in [0.25, 0.3) is 0 Å². The number of aliphatic hydroxyl groups excluding tert-OH is 1. The van der Waals surface area contributed by atoms with Crippen LogP contribution in [-0.2, 0) is 0 Å². The van der Waals surface area contributed by atoms with Gasteiger partial charge >= 0.3 is 0 Å². The highest BCUT2D eigenvalue weighted by Gasteiger charge is 2.08. The largest absolute Gasteiger partial charge is 0.395 e. The Labute approximate surface area is 134 Å². The summed E-state index contributed by atoms with van der Waals surface area (Å²) in [5.41, 5.74) is 5.42. The minimum absolute atomic E-state index is 0.856. The van der Waals surface area contributed by atoms with E-state index in [2.05, 4.69) is 6.92 Å². The number of aliphatic hydroxyl groups is 2. The van der Waals surface area contributed by atoms with Crippen LogP contribution in [0.2, 0.25) is 0 Å². The minimum atomic E-state index is -2.56. The van der Waals surface area contributed by atoms with E-state index in [1.807, 2.05) is 6.08 Å². The SMILES string of the molecule is [3H]C([3H])(O)[C@H](N)[C@H](O)/C=C/CCCCCCCCCCCCC. The van der Waals surface area contributed by atoms with E-state index in [-0.39, 0.29) is 0 Å². The Morgan fingerprint density at radius 3 is 1.90 bits per heavy atom. The van der Waals surface area contributed by atoms with Crippen molar-refractivity contribution >= 4 is 0 Å². The molecule has 3 heteroatoms. The Kier molecular flexibility index (Phi) is 12.9. The van der Waals surface area contributed by atoms with Crippen LogP contribution in [0.15, 0.2) is 12.2 Å². The molecule has 0 rings (SSSR count). The van der Waals surface area contributed by atoms with Gasteiger partial charge in [-0.3, -0.25) is 0 Å². The monoisotopic (exact) mass is 303 g/mol. The van der Waals surface area contributed by atoms with E-state index < -0.39 is 18.7 Å². The lowest BCUT2D eigenvalue weighted by Gasteiger charge is -2.11. The van der Waals surface area contributed by atoms with Crippen LogP contribution in [0, 0.1) is 0 Å². The van der Waals surface area contributed by atoms with Crippen molar-refractivity contribution in [2.45, 2.75) is 96.1 Å². The molecule has 0 aromatic carbocycles. The molecule has 0 heterocycles. The molecule has 0 aliphatic rings. The van der Waals surface area contributed by atoms with E-state index in [9.17, 15) is 5.11 Å².